The minimum absolute atomic E-state index is 0.107. The van der Waals surface area contributed by atoms with Gasteiger partial charge >= 0.3 is 5.97 Å². The van der Waals surface area contributed by atoms with Crippen LogP contribution >= 0.6 is 22.7 Å². The van der Waals surface area contributed by atoms with E-state index < -0.39 is 48.2 Å². The van der Waals surface area contributed by atoms with Crippen LogP contribution in [0, 0.1) is 0 Å². The Hall–Kier alpha value is -5.02. The van der Waals surface area contributed by atoms with E-state index in [2.05, 4.69) is 26.3 Å². The zero-order valence-electron chi connectivity index (χ0n) is 23.4. The van der Waals surface area contributed by atoms with E-state index in [1.165, 1.54) is 22.7 Å². The highest BCUT2D eigenvalue weighted by molar-refractivity contribution is 7.21. The van der Waals surface area contributed by atoms with Crippen LogP contribution in [0.2, 0.25) is 0 Å². The molecule has 2 heterocycles. The van der Waals surface area contributed by atoms with E-state index in [1.807, 2.05) is 48.5 Å². The summed E-state index contributed by atoms with van der Waals surface area (Å²) in [5.41, 5.74) is 10.8. The van der Waals surface area contributed by atoms with Gasteiger partial charge in [-0.1, -0.05) is 36.4 Å². The lowest BCUT2D eigenvalue weighted by Crippen LogP contribution is -2.55. The van der Waals surface area contributed by atoms with Gasteiger partial charge in [0.2, 0.25) is 11.8 Å². The molecule has 0 spiro atoms. The maximum atomic E-state index is 13.3. The topological polar surface area (TPSA) is 218 Å². The summed E-state index contributed by atoms with van der Waals surface area (Å²) in [6.07, 6.45) is 0.525. The van der Waals surface area contributed by atoms with Crippen LogP contribution in [-0.2, 0) is 14.4 Å². The minimum atomic E-state index is -1.31. The molecule has 1 unspecified atom stereocenters. The first-order valence-corrected chi connectivity index (χ1v) is 15.2. The van der Waals surface area contributed by atoms with E-state index in [9.17, 15) is 24.0 Å². The number of aliphatic carboxylic acids is 1. The van der Waals surface area contributed by atoms with Gasteiger partial charge in [0.25, 0.3) is 11.8 Å². The Kier molecular flexibility index (Phi) is 10.8. The molecule has 0 aliphatic heterocycles. The van der Waals surface area contributed by atoms with Crippen molar-refractivity contribution < 1.29 is 29.1 Å². The molecule has 2 aromatic carbocycles. The fourth-order valence-corrected chi connectivity index (χ4v) is 6.17. The summed E-state index contributed by atoms with van der Waals surface area (Å²) in [6, 6.07) is 15.9. The number of nitrogens with zero attached hydrogens (tertiary/aromatic N) is 1. The van der Waals surface area contributed by atoms with Crippen molar-refractivity contribution >= 4 is 78.4 Å². The van der Waals surface area contributed by atoms with E-state index in [0.717, 1.165) is 20.2 Å². The summed E-state index contributed by atoms with van der Waals surface area (Å²) in [5, 5.41) is 20.9. The largest absolute Gasteiger partial charge is 0.480 e. The predicted molar refractivity (Wildman–Crippen MR) is 170 cm³/mol. The molecule has 0 saturated heterocycles. The third kappa shape index (κ3) is 8.75. The van der Waals surface area contributed by atoms with Crippen LogP contribution in [0.25, 0.3) is 20.2 Å². The Labute approximate surface area is 259 Å². The first-order valence-electron chi connectivity index (χ1n) is 13.5. The van der Waals surface area contributed by atoms with E-state index >= 15 is 0 Å². The summed E-state index contributed by atoms with van der Waals surface area (Å²) >= 11 is 2.51. The van der Waals surface area contributed by atoms with Gasteiger partial charge in [0, 0.05) is 22.5 Å². The van der Waals surface area contributed by atoms with Gasteiger partial charge < -0.3 is 37.8 Å². The quantitative estimate of drug-likeness (QED) is 0.0607. The van der Waals surface area contributed by atoms with Crippen LogP contribution in [-0.4, -0.2) is 72.4 Å². The van der Waals surface area contributed by atoms with Crippen LogP contribution in [0.5, 0.6) is 0 Å². The second kappa shape index (κ2) is 14.9. The number of benzene rings is 2. The number of thiophene rings is 2. The Morgan fingerprint density at radius 1 is 0.773 bits per heavy atom. The van der Waals surface area contributed by atoms with E-state index in [-0.39, 0.29) is 25.5 Å². The monoisotopic (exact) mass is 637 g/mol. The first-order chi connectivity index (χ1) is 21.1. The smallest absolute Gasteiger partial charge is 0.322 e. The number of carbonyl (C=O) groups excluding carboxylic acids is 4. The molecule has 9 N–H and O–H groups in total. The number of rotatable bonds is 14. The summed E-state index contributed by atoms with van der Waals surface area (Å²) in [7, 11) is 0. The highest BCUT2D eigenvalue weighted by Gasteiger charge is 2.27. The second-order valence-corrected chi connectivity index (χ2v) is 11.8. The van der Waals surface area contributed by atoms with Gasteiger partial charge in [0.15, 0.2) is 5.96 Å². The number of guanidine groups is 1. The highest BCUT2D eigenvalue weighted by Crippen LogP contribution is 2.26. The summed E-state index contributed by atoms with van der Waals surface area (Å²) in [4.78, 5) is 68.0. The number of carbonyl (C=O) groups is 5. The number of fused-ring (bicyclic) bond motifs is 2. The molecular weight excluding hydrogens is 606 g/mol. The Bertz CT molecular complexity index is 1650. The Morgan fingerprint density at radius 2 is 1.30 bits per heavy atom. The molecule has 4 amide bonds. The third-order valence-corrected chi connectivity index (χ3v) is 8.61. The standard InChI is InChI=1S/C29H31N7O6S2/c30-29(31)32-11-5-8-18(35-27(41)22-12-16-6-1-3-9-20(16)43-22)25(39)33-14-19(26(40)34-15-24(37)38)36-28(42)23-13-17-7-2-4-10-21(17)44-23/h1-4,6-7,9-10,12-13,18-19H,5,8,11,14-15H2,(H,33,39)(H,34,40)(H,35,41)(H,36,42)(H,37,38)(H4,30,31,32)/t18-,19?/m1/s1. The van der Waals surface area contributed by atoms with Crippen molar-refractivity contribution in [2.24, 2.45) is 16.5 Å². The Balaban J connectivity index is 1.47. The number of nitrogens with two attached hydrogens (primary N) is 2. The Morgan fingerprint density at radius 3 is 1.82 bits per heavy atom. The van der Waals surface area contributed by atoms with Crippen LogP contribution in [0.15, 0.2) is 65.7 Å². The fourth-order valence-electron chi connectivity index (χ4n) is 4.24. The predicted octanol–water partition coefficient (Wildman–Crippen LogP) is 1.38. The molecular formula is C29H31N7O6S2. The molecule has 0 aliphatic carbocycles. The maximum Gasteiger partial charge on any atom is 0.322 e. The molecule has 15 heteroatoms. The van der Waals surface area contributed by atoms with Gasteiger partial charge in [0.05, 0.1) is 9.75 Å². The molecule has 0 radical (unpaired) electrons. The molecule has 4 rings (SSSR count). The molecule has 230 valence electrons. The van der Waals surface area contributed by atoms with Crippen molar-refractivity contribution in [3.63, 3.8) is 0 Å². The normalized spacial score (nSPS) is 12.2. The summed E-state index contributed by atoms with van der Waals surface area (Å²) in [5.74, 6) is -3.83. The molecule has 2 aromatic heterocycles. The van der Waals surface area contributed by atoms with Crippen molar-refractivity contribution in [1.29, 1.82) is 0 Å². The average Bonchev–Trinajstić information content (AvgIpc) is 3.64. The van der Waals surface area contributed by atoms with Crippen molar-refractivity contribution in [2.75, 3.05) is 19.6 Å². The van der Waals surface area contributed by atoms with Crippen molar-refractivity contribution in [3.8, 4) is 0 Å². The molecule has 0 bridgehead atoms. The van der Waals surface area contributed by atoms with Crippen LogP contribution < -0.4 is 32.7 Å². The number of hydrogen-bond acceptors (Lipinski definition) is 8. The number of hydrogen-bond donors (Lipinski definition) is 7. The first kappa shape index (κ1) is 31.9. The van der Waals surface area contributed by atoms with Gasteiger partial charge in [-0.2, -0.15) is 0 Å². The number of nitrogens with one attached hydrogen (secondary N) is 4. The number of carboxylic acids is 1. The molecule has 0 fully saturated rings. The number of carboxylic acid groups (broad SMARTS) is 1. The lowest BCUT2D eigenvalue weighted by Gasteiger charge is -2.21. The van der Waals surface area contributed by atoms with Gasteiger partial charge in [0.1, 0.15) is 18.6 Å². The van der Waals surface area contributed by atoms with Crippen LogP contribution in [0.3, 0.4) is 0 Å². The fraction of sp³-hybridized carbons (Fsp3) is 0.241. The molecule has 0 aliphatic rings. The molecule has 13 nitrogen and oxygen atoms in total. The summed E-state index contributed by atoms with van der Waals surface area (Å²) < 4.78 is 1.78. The number of aliphatic imine (C=N–C) groups is 1. The van der Waals surface area contributed by atoms with Gasteiger partial charge in [-0.15, -0.1) is 22.7 Å². The van der Waals surface area contributed by atoms with Gasteiger partial charge in [-0.05, 0) is 47.9 Å². The van der Waals surface area contributed by atoms with E-state index in [0.29, 0.717) is 16.2 Å². The van der Waals surface area contributed by atoms with Crippen LogP contribution in [0.4, 0.5) is 0 Å². The highest BCUT2D eigenvalue weighted by atomic mass is 32.1. The third-order valence-electron chi connectivity index (χ3n) is 6.38. The van der Waals surface area contributed by atoms with E-state index in [1.54, 1.807) is 12.1 Å². The number of amides is 4. The molecule has 4 aromatic rings. The SMILES string of the molecule is NC(N)=NCCC[C@@H](NC(=O)c1cc2ccccc2s1)C(=O)NCC(NC(=O)c1cc2ccccc2s1)C(=O)NCC(=O)O. The van der Waals surface area contributed by atoms with Crippen LogP contribution in [0.1, 0.15) is 32.2 Å². The van der Waals surface area contributed by atoms with Crippen molar-refractivity contribution in [1.82, 2.24) is 21.3 Å². The van der Waals surface area contributed by atoms with Gasteiger partial charge in [-0.3, -0.25) is 29.0 Å². The second-order valence-electron chi connectivity index (χ2n) is 9.65. The summed E-state index contributed by atoms with van der Waals surface area (Å²) in [6.45, 7) is -0.832. The average molecular weight is 638 g/mol. The van der Waals surface area contributed by atoms with Gasteiger partial charge in [-0.25, -0.2) is 0 Å². The zero-order chi connectivity index (χ0) is 31.6. The lowest BCUT2D eigenvalue weighted by atomic mass is 10.1. The minimum Gasteiger partial charge on any atom is -0.480 e. The lowest BCUT2D eigenvalue weighted by molar-refractivity contribution is -0.138. The molecule has 2 atom stereocenters. The molecule has 44 heavy (non-hydrogen) atoms. The van der Waals surface area contributed by atoms with E-state index in [4.69, 9.17) is 16.6 Å². The zero-order valence-corrected chi connectivity index (χ0v) is 25.0. The van der Waals surface area contributed by atoms with Crippen molar-refractivity contribution in [3.05, 3.63) is 70.4 Å². The maximum absolute atomic E-state index is 13.3. The molecule has 0 saturated carbocycles. The van der Waals surface area contributed by atoms with Crippen molar-refractivity contribution in [2.45, 2.75) is 24.9 Å².